The molecule has 1 rings (SSSR count). The molecule has 0 spiro atoms. The van der Waals surface area contributed by atoms with E-state index in [0.29, 0.717) is 19.5 Å². The normalized spacial score (nSPS) is 13.8. The van der Waals surface area contributed by atoms with E-state index in [-0.39, 0.29) is 6.04 Å². The zero-order chi connectivity index (χ0) is 14.5. The SMILES string of the molecule is CCN(CCC(N)c1ccc(C)cc1)CC(F)(F)F. The summed E-state index contributed by atoms with van der Waals surface area (Å²) in [6.07, 6.45) is -3.63. The number of benzene rings is 1. The molecular formula is C14H21F3N2. The molecule has 19 heavy (non-hydrogen) atoms. The highest BCUT2D eigenvalue weighted by Gasteiger charge is 2.29. The Labute approximate surface area is 112 Å². The van der Waals surface area contributed by atoms with Crippen molar-refractivity contribution in [3.05, 3.63) is 35.4 Å². The minimum absolute atomic E-state index is 0.220. The first-order valence-corrected chi connectivity index (χ1v) is 6.43. The molecule has 0 bridgehead atoms. The lowest BCUT2D eigenvalue weighted by Crippen LogP contribution is -2.35. The van der Waals surface area contributed by atoms with E-state index < -0.39 is 12.7 Å². The van der Waals surface area contributed by atoms with Crippen molar-refractivity contribution in [2.45, 2.75) is 32.5 Å². The Balaban J connectivity index is 2.48. The van der Waals surface area contributed by atoms with Gasteiger partial charge in [-0.25, -0.2) is 0 Å². The van der Waals surface area contributed by atoms with Gasteiger partial charge in [0.05, 0.1) is 6.54 Å². The highest BCUT2D eigenvalue weighted by Crippen LogP contribution is 2.19. The molecule has 0 aromatic heterocycles. The van der Waals surface area contributed by atoms with Gasteiger partial charge in [0.2, 0.25) is 0 Å². The number of rotatable bonds is 6. The first-order valence-electron chi connectivity index (χ1n) is 6.43. The largest absolute Gasteiger partial charge is 0.401 e. The van der Waals surface area contributed by atoms with Crippen LogP contribution in [0.5, 0.6) is 0 Å². The zero-order valence-corrected chi connectivity index (χ0v) is 11.4. The molecule has 1 aromatic carbocycles. The van der Waals surface area contributed by atoms with E-state index in [4.69, 9.17) is 5.73 Å². The van der Waals surface area contributed by atoms with Crippen LogP contribution >= 0.6 is 0 Å². The Morgan fingerprint density at radius 1 is 1.21 bits per heavy atom. The highest BCUT2D eigenvalue weighted by atomic mass is 19.4. The average Bonchev–Trinajstić information content (AvgIpc) is 2.33. The van der Waals surface area contributed by atoms with Crippen molar-refractivity contribution in [3.63, 3.8) is 0 Å². The summed E-state index contributed by atoms with van der Waals surface area (Å²) >= 11 is 0. The maximum absolute atomic E-state index is 12.3. The second kappa shape index (κ2) is 6.91. The van der Waals surface area contributed by atoms with E-state index in [2.05, 4.69) is 0 Å². The van der Waals surface area contributed by atoms with Crippen molar-refractivity contribution < 1.29 is 13.2 Å². The summed E-state index contributed by atoms with van der Waals surface area (Å²) in [4.78, 5) is 1.37. The van der Waals surface area contributed by atoms with Crippen LogP contribution in [0.2, 0.25) is 0 Å². The zero-order valence-electron chi connectivity index (χ0n) is 11.4. The van der Waals surface area contributed by atoms with Crippen LogP contribution in [0.25, 0.3) is 0 Å². The summed E-state index contributed by atoms with van der Waals surface area (Å²) in [7, 11) is 0. The van der Waals surface area contributed by atoms with Crippen LogP contribution in [-0.4, -0.2) is 30.7 Å². The van der Waals surface area contributed by atoms with Gasteiger partial charge in [-0.05, 0) is 25.5 Å². The number of alkyl halides is 3. The molecule has 0 aliphatic carbocycles. The van der Waals surface area contributed by atoms with E-state index in [9.17, 15) is 13.2 Å². The predicted octanol–water partition coefficient (Wildman–Crippen LogP) is 3.27. The summed E-state index contributed by atoms with van der Waals surface area (Å²) in [5.74, 6) is 0. The van der Waals surface area contributed by atoms with Gasteiger partial charge < -0.3 is 5.73 Å². The van der Waals surface area contributed by atoms with Crippen LogP contribution in [-0.2, 0) is 0 Å². The molecule has 0 saturated carbocycles. The molecule has 108 valence electrons. The van der Waals surface area contributed by atoms with Crippen molar-refractivity contribution in [1.29, 1.82) is 0 Å². The molecular weight excluding hydrogens is 253 g/mol. The molecule has 0 radical (unpaired) electrons. The molecule has 1 aromatic rings. The Kier molecular flexibility index (Phi) is 5.82. The van der Waals surface area contributed by atoms with Crippen LogP contribution in [0.15, 0.2) is 24.3 Å². The maximum Gasteiger partial charge on any atom is 0.401 e. The van der Waals surface area contributed by atoms with Gasteiger partial charge in [-0.2, -0.15) is 13.2 Å². The van der Waals surface area contributed by atoms with Gasteiger partial charge in [0, 0.05) is 12.6 Å². The van der Waals surface area contributed by atoms with E-state index in [0.717, 1.165) is 11.1 Å². The molecule has 2 N–H and O–H groups in total. The summed E-state index contributed by atoms with van der Waals surface area (Å²) in [5.41, 5.74) is 8.11. The lowest BCUT2D eigenvalue weighted by atomic mass is 10.0. The fraction of sp³-hybridized carbons (Fsp3) is 0.571. The van der Waals surface area contributed by atoms with Gasteiger partial charge in [-0.3, -0.25) is 4.90 Å². The highest BCUT2D eigenvalue weighted by molar-refractivity contribution is 5.23. The number of halogens is 3. The predicted molar refractivity (Wildman–Crippen MR) is 70.9 cm³/mol. The van der Waals surface area contributed by atoms with Crippen molar-refractivity contribution in [3.8, 4) is 0 Å². The number of aryl methyl sites for hydroxylation is 1. The number of nitrogens with zero attached hydrogens (tertiary/aromatic N) is 1. The Morgan fingerprint density at radius 3 is 2.26 bits per heavy atom. The van der Waals surface area contributed by atoms with Crippen LogP contribution < -0.4 is 5.73 Å². The van der Waals surface area contributed by atoms with Crippen molar-refractivity contribution in [2.24, 2.45) is 5.73 Å². The maximum atomic E-state index is 12.3. The van der Waals surface area contributed by atoms with Gasteiger partial charge in [0.25, 0.3) is 0 Å². The summed E-state index contributed by atoms with van der Waals surface area (Å²) in [6, 6.07) is 7.56. The van der Waals surface area contributed by atoms with E-state index >= 15 is 0 Å². The third-order valence-electron chi connectivity index (χ3n) is 3.11. The first-order chi connectivity index (χ1) is 8.81. The monoisotopic (exact) mass is 274 g/mol. The summed E-state index contributed by atoms with van der Waals surface area (Å²) < 4.78 is 36.9. The van der Waals surface area contributed by atoms with Crippen LogP contribution in [0, 0.1) is 6.92 Å². The molecule has 0 aliphatic heterocycles. The molecule has 5 heteroatoms. The van der Waals surface area contributed by atoms with Crippen LogP contribution in [0.4, 0.5) is 13.2 Å². The molecule has 0 heterocycles. The summed E-state index contributed by atoms with van der Waals surface area (Å²) in [5, 5.41) is 0. The molecule has 0 aliphatic rings. The van der Waals surface area contributed by atoms with Gasteiger partial charge in [0.1, 0.15) is 0 Å². The van der Waals surface area contributed by atoms with Crippen LogP contribution in [0.3, 0.4) is 0 Å². The minimum Gasteiger partial charge on any atom is -0.324 e. The Morgan fingerprint density at radius 2 is 1.79 bits per heavy atom. The van der Waals surface area contributed by atoms with Crippen molar-refractivity contribution in [1.82, 2.24) is 4.90 Å². The molecule has 0 amide bonds. The van der Waals surface area contributed by atoms with Crippen molar-refractivity contribution >= 4 is 0 Å². The molecule has 0 fully saturated rings. The second-order valence-corrected chi connectivity index (χ2v) is 4.79. The standard InChI is InChI=1S/C14H21F3N2/c1-3-19(10-14(15,16)17)9-8-13(18)12-6-4-11(2)5-7-12/h4-7,13H,3,8-10,18H2,1-2H3. The van der Waals surface area contributed by atoms with Crippen LogP contribution in [0.1, 0.15) is 30.5 Å². The molecule has 1 unspecified atom stereocenters. The van der Waals surface area contributed by atoms with E-state index in [1.54, 1.807) is 6.92 Å². The molecule has 1 atom stereocenters. The second-order valence-electron chi connectivity index (χ2n) is 4.79. The van der Waals surface area contributed by atoms with Gasteiger partial charge in [0.15, 0.2) is 0 Å². The van der Waals surface area contributed by atoms with Crippen molar-refractivity contribution in [2.75, 3.05) is 19.6 Å². The number of hydrogen-bond donors (Lipinski definition) is 1. The Bertz CT molecular complexity index is 373. The van der Waals surface area contributed by atoms with E-state index in [1.165, 1.54) is 4.90 Å². The van der Waals surface area contributed by atoms with Gasteiger partial charge in [-0.15, -0.1) is 0 Å². The topological polar surface area (TPSA) is 29.3 Å². The number of hydrogen-bond acceptors (Lipinski definition) is 2. The van der Waals surface area contributed by atoms with Gasteiger partial charge >= 0.3 is 6.18 Å². The molecule has 2 nitrogen and oxygen atoms in total. The minimum atomic E-state index is -4.15. The quantitative estimate of drug-likeness (QED) is 0.862. The lowest BCUT2D eigenvalue weighted by molar-refractivity contribution is -0.145. The summed E-state index contributed by atoms with van der Waals surface area (Å²) in [6.45, 7) is 3.57. The molecule has 0 saturated heterocycles. The smallest absolute Gasteiger partial charge is 0.324 e. The number of nitrogens with two attached hydrogens (primary N) is 1. The third kappa shape index (κ3) is 6.07. The fourth-order valence-electron chi connectivity index (χ4n) is 1.90. The average molecular weight is 274 g/mol. The third-order valence-corrected chi connectivity index (χ3v) is 3.11. The lowest BCUT2D eigenvalue weighted by Gasteiger charge is -2.23. The Hall–Kier alpha value is -1.07. The van der Waals surface area contributed by atoms with E-state index in [1.807, 2.05) is 31.2 Å². The first kappa shape index (κ1) is 16.0. The fourth-order valence-corrected chi connectivity index (χ4v) is 1.90. The van der Waals surface area contributed by atoms with Gasteiger partial charge in [-0.1, -0.05) is 36.8 Å².